The smallest absolute Gasteiger partial charge is 0.238 e. The Labute approximate surface area is 171 Å². The van der Waals surface area contributed by atoms with Gasteiger partial charge in [0.25, 0.3) is 0 Å². The van der Waals surface area contributed by atoms with Crippen LogP contribution in [-0.4, -0.2) is 28.3 Å². The molecule has 3 aromatic rings. The summed E-state index contributed by atoms with van der Waals surface area (Å²) in [5.41, 5.74) is 7.15. The van der Waals surface area contributed by atoms with E-state index in [1.807, 2.05) is 41.1 Å². The maximum atomic E-state index is 11.9. The van der Waals surface area contributed by atoms with Crippen molar-refractivity contribution in [2.75, 3.05) is 7.11 Å². The van der Waals surface area contributed by atoms with Crippen LogP contribution in [0.25, 0.3) is 11.4 Å². The first-order valence-corrected chi connectivity index (χ1v) is 9.80. The second-order valence-corrected chi connectivity index (χ2v) is 6.92. The number of hydrogen-bond donors (Lipinski definition) is 3. The van der Waals surface area contributed by atoms with Crippen LogP contribution >= 0.6 is 23.6 Å². The van der Waals surface area contributed by atoms with E-state index in [2.05, 4.69) is 26.3 Å². The molecule has 0 bridgehead atoms. The van der Waals surface area contributed by atoms with Gasteiger partial charge in [0.05, 0.1) is 7.11 Å². The van der Waals surface area contributed by atoms with Crippen molar-refractivity contribution in [3.63, 3.8) is 0 Å². The van der Waals surface area contributed by atoms with E-state index >= 15 is 0 Å². The molecule has 0 radical (unpaired) electrons. The Hall–Kier alpha value is -2.98. The Morgan fingerprint density at radius 1 is 1.25 bits per heavy atom. The molecule has 0 fully saturated rings. The summed E-state index contributed by atoms with van der Waals surface area (Å²) < 4.78 is 10.3. The molecule has 0 aliphatic heterocycles. The summed E-state index contributed by atoms with van der Waals surface area (Å²) in [5.74, 6) is 1.50. The Kier molecular flexibility index (Phi) is 6.93. The third-order valence-corrected chi connectivity index (χ3v) is 4.67. The minimum Gasteiger partial charge on any atom is -0.497 e. The summed E-state index contributed by atoms with van der Waals surface area (Å²) in [4.78, 5) is 16.2. The van der Waals surface area contributed by atoms with Gasteiger partial charge in [-0.25, -0.2) is 0 Å². The number of carbonyl (C=O) groups excluding carboxylic acids is 1. The van der Waals surface area contributed by atoms with E-state index in [-0.39, 0.29) is 12.3 Å². The van der Waals surface area contributed by atoms with Crippen LogP contribution in [0, 0.1) is 0 Å². The fourth-order valence-electron chi connectivity index (χ4n) is 2.24. The SMILES string of the molecule is COc1ccc(CNC(=S)NNC(=O)CCc2nc(-c3ccsc3)no2)cc1. The van der Waals surface area contributed by atoms with Crippen molar-refractivity contribution in [2.45, 2.75) is 19.4 Å². The molecule has 1 amide bonds. The van der Waals surface area contributed by atoms with Crippen LogP contribution in [0.15, 0.2) is 45.6 Å². The number of aromatic nitrogens is 2. The first-order valence-electron chi connectivity index (χ1n) is 8.45. The summed E-state index contributed by atoms with van der Waals surface area (Å²) in [6.07, 6.45) is 0.538. The molecule has 0 spiro atoms. The molecular formula is C18H19N5O3S2. The third kappa shape index (κ3) is 5.76. The number of benzene rings is 1. The Bertz CT molecular complexity index is 910. The van der Waals surface area contributed by atoms with Gasteiger partial charge in [0.1, 0.15) is 5.75 Å². The van der Waals surface area contributed by atoms with E-state index in [4.69, 9.17) is 21.5 Å². The van der Waals surface area contributed by atoms with Crippen molar-refractivity contribution in [3.8, 4) is 17.1 Å². The average molecular weight is 418 g/mol. The molecule has 2 heterocycles. The molecule has 0 aliphatic rings. The maximum absolute atomic E-state index is 11.9. The Balaban J connectivity index is 1.35. The summed E-state index contributed by atoms with van der Waals surface area (Å²) in [7, 11) is 1.62. The van der Waals surface area contributed by atoms with Crippen molar-refractivity contribution < 1.29 is 14.1 Å². The van der Waals surface area contributed by atoms with Gasteiger partial charge >= 0.3 is 0 Å². The first-order chi connectivity index (χ1) is 13.6. The van der Waals surface area contributed by atoms with Gasteiger partial charge in [0.15, 0.2) is 5.11 Å². The normalized spacial score (nSPS) is 10.3. The van der Waals surface area contributed by atoms with Gasteiger partial charge in [0.2, 0.25) is 17.6 Å². The molecule has 0 unspecified atom stereocenters. The molecule has 0 saturated carbocycles. The highest BCUT2D eigenvalue weighted by atomic mass is 32.1. The zero-order valence-corrected chi connectivity index (χ0v) is 16.7. The number of thiocarbonyl (C=S) groups is 1. The van der Waals surface area contributed by atoms with Crippen LogP contribution in [0.3, 0.4) is 0 Å². The summed E-state index contributed by atoms with van der Waals surface area (Å²) in [6, 6.07) is 9.52. The summed E-state index contributed by atoms with van der Waals surface area (Å²) in [6.45, 7) is 0.527. The minimum absolute atomic E-state index is 0.194. The van der Waals surface area contributed by atoms with E-state index in [1.54, 1.807) is 18.4 Å². The van der Waals surface area contributed by atoms with Crippen molar-refractivity contribution in [1.82, 2.24) is 26.3 Å². The van der Waals surface area contributed by atoms with Gasteiger partial charge in [0, 0.05) is 30.3 Å². The third-order valence-electron chi connectivity index (χ3n) is 3.74. The molecule has 0 saturated heterocycles. The number of thiophene rings is 1. The predicted molar refractivity (Wildman–Crippen MR) is 110 cm³/mol. The average Bonchev–Trinajstić information content (AvgIpc) is 3.41. The van der Waals surface area contributed by atoms with Crippen molar-refractivity contribution in [1.29, 1.82) is 0 Å². The van der Waals surface area contributed by atoms with Gasteiger partial charge in [-0.05, 0) is 41.4 Å². The number of nitrogens with zero attached hydrogens (tertiary/aromatic N) is 2. The zero-order valence-electron chi connectivity index (χ0n) is 15.1. The van der Waals surface area contributed by atoms with E-state index in [0.29, 0.717) is 29.8 Å². The van der Waals surface area contributed by atoms with Gasteiger partial charge < -0.3 is 14.6 Å². The monoisotopic (exact) mass is 417 g/mol. The number of carbonyl (C=O) groups is 1. The lowest BCUT2D eigenvalue weighted by Crippen LogP contribution is -2.46. The summed E-state index contributed by atoms with van der Waals surface area (Å²) >= 11 is 6.70. The molecule has 10 heteroatoms. The Morgan fingerprint density at radius 3 is 2.79 bits per heavy atom. The van der Waals surface area contributed by atoms with Crippen LogP contribution in [0.1, 0.15) is 17.9 Å². The molecule has 1 aromatic carbocycles. The quantitative estimate of drug-likeness (QED) is 0.398. The topological polar surface area (TPSA) is 101 Å². The molecule has 2 aromatic heterocycles. The van der Waals surface area contributed by atoms with Crippen LogP contribution in [0.4, 0.5) is 0 Å². The van der Waals surface area contributed by atoms with Gasteiger partial charge in [-0.2, -0.15) is 16.3 Å². The molecule has 3 rings (SSSR count). The van der Waals surface area contributed by atoms with Crippen LogP contribution < -0.4 is 20.9 Å². The first kappa shape index (κ1) is 19.8. The fourth-order valence-corrected chi connectivity index (χ4v) is 3.00. The molecule has 146 valence electrons. The van der Waals surface area contributed by atoms with E-state index < -0.39 is 0 Å². The van der Waals surface area contributed by atoms with Crippen molar-refractivity contribution in [2.24, 2.45) is 0 Å². The number of amides is 1. The van der Waals surface area contributed by atoms with Gasteiger partial charge in [-0.1, -0.05) is 17.3 Å². The van der Waals surface area contributed by atoms with Gasteiger partial charge in [-0.3, -0.25) is 15.6 Å². The van der Waals surface area contributed by atoms with E-state index in [9.17, 15) is 4.79 Å². The van der Waals surface area contributed by atoms with Crippen LogP contribution in [0.2, 0.25) is 0 Å². The molecular weight excluding hydrogens is 398 g/mol. The van der Waals surface area contributed by atoms with Crippen LogP contribution in [0.5, 0.6) is 5.75 Å². The number of rotatable bonds is 7. The molecule has 8 nitrogen and oxygen atoms in total. The lowest BCUT2D eigenvalue weighted by molar-refractivity contribution is -0.121. The fraction of sp³-hybridized carbons (Fsp3) is 0.222. The van der Waals surface area contributed by atoms with E-state index in [0.717, 1.165) is 16.9 Å². The second-order valence-electron chi connectivity index (χ2n) is 5.73. The standard InChI is InChI=1S/C18H19N5O3S2/c1-25-14-4-2-12(3-5-14)10-19-18(27)22-21-15(24)6-7-16-20-17(23-26-16)13-8-9-28-11-13/h2-5,8-9,11H,6-7,10H2,1H3,(H,21,24)(H2,19,22,27). The van der Waals surface area contributed by atoms with E-state index in [1.165, 1.54) is 0 Å². The predicted octanol–water partition coefficient (Wildman–Crippen LogP) is 2.43. The van der Waals surface area contributed by atoms with Gasteiger partial charge in [-0.15, -0.1) is 0 Å². The number of ether oxygens (including phenoxy) is 1. The van der Waals surface area contributed by atoms with Crippen molar-refractivity contribution >= 4 is 34.6 Å². The lowest BCUT2D eigenvalue weighted by Gasteiger charge is -2.11. The number of hydrazine groups is 1. The second kappa shape index (κ2) is 9.81. The molecule has 3 N–H and O–H groups in total. The molecule has 0 aliphatic carbocycles. The zero-order chi connectivity index (χ0) is 19.8. The highest BCUT2D eigenvalue weighted by molar-refractivity contribution is 7.80. The highest BCUT2D eigenvalue weighted by Crippen LogP contribution is 2.18. The number of nitrogens with one attached hydrogen (secondary N) is 3. The maximum Gasteiger partial charge on any atom is 0.238 e. The van der Waals surface area contributed by atoms with Crippen molar-refractivity contribution in [3.05, 3.63) is 52.5 Å². The summed E-state index contributed by atoms with van der Waals surface area (Å²) in [5, 5.41) is 11.1. The Morgan fingerprint density at radius 2 is 2.07 bits per heavy atom. The number of methoxy groups -OCH3 is 1. The number of aryl methyl sites for hydroxylation is 1. The lowest BCUT2D eigenvalue weighted by atomic mass is 10.2. The largest absolute Gasteiger partial charge is 0.497 e. The molecule has 0 atom stereocenters. The highest BCUT2D eigenvalue weighted by Gasteiger charge is 2.11. The molecule has 28 heavy (non-hydrogen) atoms. The van der Waals surface area contributed by atoms with Crippen LogP contribution in [-0.2, 0) is 17.8 Å². The minimum atomic E-state index is -0.233. The number of hydrogen-bond acceptors (Lipinski definition) is 7.